The Kier molecular flexibility index (Phi) is 5.95. The third-order valence-corrected chi connectivity index (χ3v) is 8.76. The minimum atomic E-state index is -4.17. The molecule has 1 heterocycles. The van der Waals surface area contributed by atoms with E-state index in [-0.39, 0.29) is 30.7 Å². The summed E-state index contributed by atoms with van der Waals surface area (Å²) in [5.74, 6) is -1.20. The van der Waals surface area contributed by atoms with Crippen LogP contribution in [0.5, 0.6) is 0 Å². The number of nitrogens with zero attached hydrogens (tertiary/aromatic N) is 3. The van der Waals surface area contributed by atoms with Crippen molar-refractivity contribution >= 4 is 15.7 Å². The number of nitriles is 1. The molecule has 180 valence electrons. The first-order chi connectivity index (χ1) is 16.8. The highest BCUT2D eigenvalue weighted by molar-refractivity contribution is 7.89. The van der Waals surface area contributed by atoms with Crippen molar-refractivity contribution < 1.29 is 17.2 Å². The first-order valence-corrected chi connectivity index (χ1v) is 12.8. The highest BCUT2D eigenvalue weighted by Crippen LogP contribution is 2.48. The molecule has 0 aromatic heterocycles. The van der Waals surface area contributed by atoms with Gasteiger partial charge in [0.15, 0.2) is 0 Å². The molecule has 2 aromatic carbocycles. The number of rotatable bonds is 6. The van der Waals surface area contributed by atoms with E-state index < -0.39 is 20.7 Å². The smallest absolute Gasteiger partial charge is 0.246 e. The molecule has 1 N–H and O–H groups in total. The first kappa shape index (κ1) is 23.3. The van der Waals surface area contributed by atoms with Crippen LogP contribution < -0.4 is 10.4 Å². The lowest BCUT2D eigenvalue weighted by molar-refractivity contribution is 0.378. The Balaban J connectivity index is 1.45. The van der Waals surface area contributed by atoms with Gasteiger partial charge in [-0.3, -0.25) is 5.01 Å². The number of hydrogen-bond acceptors (Lipinski definition) is 5. The molecule has 2 atom stereocenters. The van der Waals surface area contributed by atoms with E-state index in [4.69, 9.17) is 0 Å². The number of benzene rings is 2. The molecule has 0 unspecified atom stereocenters. The highest BCUT2D eigenvalue weighted by atomic mass is 32.2. The van der Waals surface area contributed by atoms with E-state index in [1.807, 2.05) is 17.3 Å². The van der Waals surface area contributed by atoms with Crippen molar-refractivity contribution in [1.29, 1.82) is 5.26 Å². The normalized spacial score (nSPS) is 21.3. The van der Waals surface area contributed by atoms with Crippen LogP contribution in [0.25, 0.3) is 0 Å². The molecule has 0 spiro atoms. The maximum absolute atomic E-state index is 14.3. The second-order valence-corrected chi connectivity index (χ2v) is 10.8. The minimum Gasteiger partial charge on any atom is -0.301 e. The van der Waals surface area contributed by atoms with E-state index in [1.54, 1.807) is 12.1 Å². The summed E-state index contributed by atoms with van der Waals surface area (Å²) in [5, 5.41) is 11.2. The van der Waals surface area contributed by atoms with Gasteiger partial charge in [0, 0.05) is 24.2 Å². The van der Waals surface area contributed by atoms with E-state index in [1.165, 1.54) is 30.3 Å². The van der Waals surface area contributed by atoms with Crippen LogP contribution in [0.1, 0.15) is 19.8 Å². The number of hydrogen-bond donors (Lipinski definition) is 1. The Morgan fingerprint density at radius 2 is 1.91 bits per heavy atom. The minimum absolute atomic E-state index is 0.0237. The lowest BCUT2D eigenvalue weighted by Gasteiger charge is -2.31. The van der Waals surface area contributed by atoms with E-state index in [9.17, 15) is 22.5 Å². The predicted octanol–water partition coefficient (Wildman–Crippen LogP) is 4.63. The second kappa shape index (κ2) is 8.95. The van der Waals surface area contributed by atoms with E-state index in [2.05, 4.69) is 18.4 Å². The molecule has 2 aliphatic carbocycles. The Labute approximate surface area is 203 Å². The van der Waals surface area contributed by atoms with Crippen LogP contribution >= 0.6 is 0 Å². The van der Waals surface area contributed by atoms with Crippen LogP contribution in [0, 0.1) is 34.8 Å². The molecule has 9 heteroatoms. The number of allylic oxidation sites excluding steroid dienone is 3. The zero-order chi connectivity index (χ0) is 24.7. The Bertz CT molecular complexity index is 1410. The lowest BCUT2D eigenvalue weighted by Crippen LogP contribution is -2.37. The van der Waals surface area contributed by atoms with Crippen molar-refractivity contribution in [3.8, 4) is 6.07 Å². The Morgan fingerprint density at radius 1 is 1.17 bits per heavy atom. The third kappa shape index (κ3) is 4.03. The van der Waals surface area contributed by atoms with Gasteiger partial charge >= 0.3 is 0 Å². The summed E-state index contributed by atoms with van der Waals surface area (Å²) in [5.41, 5.74) is 8.39. The molecular formula is C26H24F2N4O2S. The molecule has 1 aliphatic heterocycles. The van der Waals surface area contributed by atoms with Crippen LogP contribution in [-0.2, 0) is 10.0 Å². The molecule has 2 aromatic rings. The Morgan fingerprint density at radius 3 is 2.63 bits per heavy atom. The molecule has 0 amide bonds. The van der Waals surface area contributed by atoms with Gasteiger partial charge in [-0.2, -0.15) is 9.57 Å². The van der Waals surface area contributed by atoms with Crippen molar-refractivity contribution in [2.75, 3.05) is 18.1 Å². The molecule has 0 saturated heterocycles. The number of hydrazine groups is 1. The fourth-order valence-corrected chi connectivity index (χ4v) is 6.72. The average Bonchev–Trinajstić information content (AvgIpc) is 3.44. The van der Waals surface area contributed by atoms with Crippen LogP contribution in [0.4, 0.5) is 14.5 Å². The molecule has 0 fully saturated rings. The first-order valence-electron chi connectivity index (χ1n) is 11.4. The quantitative estimate of drug-likeness (QED) is 0.593. The topological polar surface area (TPSA) is 76.4 Å². The fourth-order valence-electron chi connectivity index (χ4n) is 5.27. The van der Waals surface area contributed by atoms with Gasteiger partial charge in [0.1, 0.15) is 23.1 Å². The van der Waals surface area contributed by atoms with Crippen molar-refractivity contribution in [1.82, 2.24) is 9.73 Å². The molecule has 0 bridgehead atoms. The molecular weight excluding hydrogens is 470 g/mol. The molecule has 0 saturated carbocycles. The summed E-state index contributed by atoms with van der Waals surface area (Å²) >= 11 is 0. The van der Waals surface area contributed by atoms with Crippen LogP contribution in [-0.4, -0.2) is 25.8 Å². The predicted molar refractivity (Wildman–Crippen MR) is 128 cm³/mol. The van der Waals surface area contributed by atoms with Gasteiger partial charge in [-0.1, -0.05) is 24.6 Å². The summed E-state index contributed by atoms with van der Waals surface area (Å²) in [6, 6.07) is 13.4. The largest absolute Gasteiger partial charge is 0.301 e. The van der Waals surface area contributed by atoms with Gasteiger partial charge in [0.25, 0.3) is 0 Å². The lowest BCUT2D eigenvalue weighted by atomic mass is 9.80. The van der Waals surface area contributed by atoms with Crippen molar-refractivity contribution in [3.63, 3.8) is 0 Å². The van der Waals surface area contributed by atoms with Gasteiger partial charge in [0.05, 0.1) is 17.5 Å². The number of anilines is 1. The summed E-state index contributed by atoms with van der Waals surface area (Å²) in [7, 11) is -4.17. The summed E-state index contributed by atoms with van der Waals surface area (Å²) in [6.07, 6.45) is 5.54. The standard InChI is InChI=1S/C26H24F2N4O2S/c1-17-22-15-30-32(21-10-8-20(27)9-11-21)24(22)14-18-6-7-19(26(17)18)16-31(13-12-29)35(33,34)25-5-3-2-4-23(25)28/h2-5,8-11,14-15,17,19,30H,6-7,13,16H2,1H3/t17-,19+/m0/s1. The monoisotopic (exact) mass is 494 g/mol. The zero-order valence-electron chi connectivity index (χ0n) is 19.1. The Hall–Kier alpha value is -3.48. The third-order valence-electron chi connectivity index (χ3n) is 6.91. The molecule has 35 heavy (non-hydrogen) atoms. The number of fused-ring (bicyclic) bond motifs is 1. The average molecular weight is 495 g/mol. The molecule has 5 rings (SSSR count). The summed E-state index contributed by atoms with van der Waals surface area (Å²) in [4.78, 5) is -0.418. The summed E-state index contributed by atoms with van der Waals surface area (Å²) < 4.78 is 55.3. The van der Waals surface area contributed by atoms with E-state index in [0.29, 0.717) is 0 Å². The second-order valence-electron chi connectivity index (χ2n) is 8.89. The molecule has 3 aliphatic rings. The van der Waals surface area contributed by atoms with Gasteiger partial charge in [-0.15, -0.1) is 0 Å². The van der Waals surface area contributed by atoms with Gasteiger partial charge in [-0.25, -0.2) is 17.2 Å². The number of nitrogens with one attached hydrogen (secondary N) is 1. The summed E-state index contributed by atoms with van der Waals surface area (Å²) in [6.45, 7) is 1.84. The van der Waals surface area contributed by atoms with Crippen LogP contribution in [0.15, 0.2) is 88.1 Å². The fraction of sp³-hybridized carbons (Fsp3) is 0.269. The SMILES string of the molecule is C[C@H]1C2=CNN(c3ccc(F)cc3)C2=CC2=C1[C@@H](CN(CC#N)S(=O)(=O)c1ccccc1F)CC2. The van der Waals surface area contributed by atoms with Gasteiger partial charge < -0.3 is 5.43 Å². The maximum Gasteiger partial charge on any atom is 0.246 e. The van der Waals surface area contributed by atoms with E-state index in [0.717, 1.165) is 51.3 Å². The maximum atomic E-state index is 14.3. The number of sulfonamides is 1. The van der Waals surface area contributed by atoms with Crippen molar-refractivity contribution in [2.24, 2.45) is 11.8 Å². The van der Waals surface area contributed by atoms with Crippen LogP contribution in [0.2, 0.25) is 0 Å². The van der Waals surface area contributed by atoms with Crippen molar-refractivity contribution in [3.05, 3.63) is 94.9 Å². The molecule has 0 radical (unpaired) electrons. The van der Waals surface area contributed by atoms with Crippen molar-refractivity contribution in [2.45, 2.75) is 24.7 Å². The van der Waals surface area contributed by atoms with Crippen LogP contribution in [0.3, 0.4) is 0 Å². The number of halogens is 2. The van der Waals surface area contributed by atoms with E-state index >= 15 is 0 Å². The molecule has 6 nitrogen and oxygen atoms in total. The van der Waals surface area contributed by atoms with Gasteiger partial charge in [-0.05, 0) is 66.8 Å². The zero-order valence-corrected chi connectivity index (χ0v) is 19.9. The highest BCUT2D eigenvalue weighted by Gasteiger charge is 2.40. The van der Waals surface area contributed by atoms with Gasteiger partial charge in [0.2, 0.25) is 10.0 Å².